The third-order valence-corrected chi connectivity index (χ3v) is 5.80. The van der Waals surface area contributed by atoms with Gasteiger partial charge in [0.15, 0.2) is 0 Å². The average molecular weight is 451 g/mol. The normalized spacial score (nSPS) is 15.6. The van der Waals surface area contributed by atoms with E-state index in [2.05, 4.69) is 44.8 Å². The first-order valence-corrected chi connectivity index (χ1v) is 10.4. The summed E-state index contributed by atoms with van der Waals surface area (Å²) in [5, 5.41) is 18.2. The molecule has 4 nitrogen and oxygen atoms in total. The van der Waals surface area contributed by atoms with E-state index in [-0.39, 0.29) is 11.7 Å². The highest BCUT2D eigenvalue weighted by molar-refractivity contribution is 9.10. The molecule has 1 atom stereocenters. The van der Waals surface area contributed by atoms with Crippen LogP contribution in [0.4, 0.5) is 0 Å². The van der Waals surface area contributed by atoms with E-state index in [1.165, 1.54) is 5.56 Å². The van der Waals surface area contributed by atoms with Crippen molar-refractivity contribution in [1.82, 2.24) is 10.2 Å². The molecule has 0 saturated heterocycles. The number of allylic oxidation sites excluding steroid dienone is 1. The van der Waals surface area contributed by atoms with Crippen LogP contribution in [0, 0.1) is 13.8 Å². The lowest BCUT2D eigenvalue weighted by Crippen LogP contribution is -2.11. The van der Waals surface area contributed by atoms with Gasteiger partial charge >= 0.3 is 0 Å². The lowest BCUT2D eigenvalue weighted by atomic mass is 9.78. The van der Waals surface area contributed by atoms with Crippen LogP contribution in [0.3, 0.4) is 0 Å². The van der Waals surface area contributed by atoms with Gasteiger partial charge in [0.1, 0.15) is 18.1 Å². The Kier molecular flexibility index (Phi) is 5.33. The number of halogens is 1. The van der Waals surface area contributed by atoms with Gasteiger partial charge in [-0.05, 0) is 62.2 Å². The molecule has 4 rings (SSSR count). The molecule has 2 aromatic carbocycles. The molecule has 0 amide bonds. The number of fused-ring (bicyclic) bond motifs is 1. The van der Waals surface area contributed by atoms with Crippen LogP contribution in [-0.4, -0.2) is 21.9 Å². The summed E-state index contributed by atoms with van der Waals surface area (Å²) in [4.78, 5) is 0. The maximum Gasteiger partial charge on any atom is 0.123 e. The van der Waals surface area contributed by atoms with Gasteiger partial charge in [-0.2, -0.15) is 5.10 Å². The molecule has 0 radical (unpaired) electrons. The molecule has 2 N–H and O–H groups in total. The molecule has 1 heterocycles. The lowest BCUT2D eigenvalue weighted by molar-refractivity contribution is 0.357. The monoisotopic (exact) mass is 450 g/mol. The van der Waals surface area contributed by atoms with Gasteiger partial charge in [0, 0.05) is 32.8 Å². The van der Waals surface area contributed by atoms with Crippen molar-refractivity contribution in [3.05, 3.63) is 87.2 Å². The topological polar surface area (TPSA) is 58.1 Å². The SMILES string of the molecule is C=CCOc1ccc(Br)cc1C1CC(c2cc(C)ccc2O)=Cc2n[nH]c(C)c21. The number of aromatic nitrogens is 2. The Labute approximate surface area is 179 Å². The summed E-state index contributed by atoms with van der Waals surface area (Å²) in [7, 11) is 0. The fourth-order valence-electron chi connectivity index (χ4n) is 3.98. The minimum Gasteiger partial charge on any atom is -0.507 e. The predicted molar refractivity (Wildman–Crippen MR) is 120 cm³/mol. The van der Waals surface area contributed by atoms with Crippen molar-refractivity contribution in [3.8, 4) is 11.5 Å². The molecule has 1 unspecified atom stereocenters. The Morgan fingerprint density at radius 2 is 2.10 bits per heavy atom. The van der Waals surface area contributed by atoms with E-state index in [0.717, 1.165) is 50.3 Å². The maximum atomic E-state index is 10.5. The third kappa shape index (κ3) is 3.75. The van der Waals surface area contributed by atoms with Crippen LogP contribution in [-0.2, 0) is 0 Å². The molecule has 0 fully saturated rings. The lowest BCUT2D eigenvalue weighted by Gasteiger charge is -2.26. The summed E-state index contributed by atoms with van der Waals surface area (Å²) in [6.45, 7) is 8.28. The second-order valence-corrected chi connectivity index (χ2v) is 8.29. The molecule has 148 valence electrons. The summed E-state index contributed by atoms with van der Waals surface area (Å²) >= 11 is 3.61. The first-order valence-electron chi connectivity index (χ1n) is 9.56. The molecule has 0 saturated carbocycles. The number of phenols is 1. The van der Waals surface area contributed by atoms with Crippen molar-refractivity contribution in [2.45, 2.75) is 26.2 Å². The highest BCUT2D eigenvalue weighted by Crippen LogP contribution is 2.47. The Morgan fingerprint density at radius 3 is 2.90 bits per heavy atom. The highest BCUT2D eigenvalue weighted by Gasteiger charge is 2.30. The fraction of sp³-hybridized carbons (Fsp3) is 0.208. The van der Waals surface area contributed by atoms with Gasteiger partial charge in [0.2, 0.25) is 0 Å². The average Bonchev–Trinajstić information content (AvgIpc) is 3.09. The number of hydrogen-bond donors (Lipinski definition) is 2. The van der Waals surface area contributed by atoms with Crippen molar-refractivity contribution < 1.29 is 9.84 Å². The molecule has 1 aliphatic rings. The van der Waals surface area contributed by atoms with Crippen LogP contribution in [0.15, 0.2) is 53.5 Å². The number of benzene rings is 2. The second kappa shape index (κ2) is 7.91. The van der Waals surface area contributed by atoms with E-state index in [0.29, 0.717) is 6.61 Å². The maximum absolute atomic E-state index is 10.5. The second-order valence-electron chi connectivity index (χ2n) is 7.38. The first-order chi connectivity index (χ1) is 14.0. The standard InChI is InChI=1S/C24H23BrN2O2/c1-4-9-29-23-8-6-17(25)13-19(23)20-11-16(12-21-24(20)15(3)26-27-21)18-10-14(2)5-7-22(18)28/h4-8,10,12-13,20,28H,1,9,11H2,2-3H3,(H,26,27). The zero-order valence-corrected chi connectivity index (χ0v) is 18.1. The third-order valence-electron chi connectivity index (χ3n) is 5.31. The zero-order valence-electron chi connectivity index (χ0n) is 16.5. The van der Waals surface area contributed by atoms with E-state index in [9.17, 15) is 5.11 Å². The summed E-state index contributed by atoms with van der Waals surface area (Å²) in [5.41, 5.74) is 7.23. The van der Waals surface area contributed by atoms with Gasteiger partial charge < -0.3 is 9.84 Å². The van der Waals surface area contributed by atoms with Crippen LogP contribution in [0.1, 0.15) is 46.0 Å². The van der Waals surface area contributed by atoms with Crippen LogP contribution in [0.25, 0.3) is 11.6 Å². The van der Waals surface area contributed by atoms with Gasteiger partial charge in [-0.25, -0.2) is 0 Å². The number of aromatic amines is 1. The number of aryl methyl sites for hydroxylation is 2. The summed E-state index contributed by atoms with van der Waals surface area (Å²) < 4.78 is 6.97. The molecular weight excluding hydrogens is 428 g/mol. The van der Waals surface area contributed by atoms with Gasteiger partial charge in [0.25, 0.3) is 0 Å². The summed E-state index contributed by atoms with van der Waals surface area (Å²) in [5.74, 6) is 1.18. The van der Waals surface area contributed by atoms with Crippen molar-refractivity contribution in [2.24, 2.45) is 0 Å². The van der Waals surface area contributed by atoms with E-state index >= 15 is 0 Å². The van der Waals surface area contributed by atoms with Crippen molar-refractivity contribution in [3.63, 3.8) is 0 Å². The molecular formula is C24H23BrN2O2. The first kappa shape index (κ1) is 19.5. The number of nitrogens with zero attached hydrogens (tertiary/aromatic N) is 1. The van der Waals surface area contributed by atoms with Gasteiger partial charge in [0.05, 0.1) is 5.69 Å². The van der Waals surface area contributed by atoms with Crippen LogP contribution in [0.2, 0.25) is 0 Å². The van der Waals surface area contributed by atoms with Crippen LogP contribution in [0.5, 0.6) is 11.5 Å². The van der Waals surface area contributed by atoms with Crippen molar-refractivity contribution >= 4 is 27.6 Å². The van der Waals surface area contributed by atoms with Gasteiger partial charge in [-0.3, -0.25) is 5.10 Å². The van der Waals surface area contributed by atoms with E-state index < -0.39 is 0 Å². The molecule has 1 aromatic heterocycles. The van der Waals surface area contributed by atoms with E-state index in [1.54, 1.807) is 12.1 Å². The largest absolute Gasteiger partial charge is 0.507 e. The highest BCUT2D eigenvalue weighted by atomic mass is 79.9. The molecule has 0 spiro atoms. The Bertz CT molecular complexity index is 1110. The molecule has 0 bridgehead atoms. The molecule has 1 aliphatic carbocycles. The smallest absolute Gasteiger partial charge is 0.123 e. The Morgan fingerprint density at radius 1 is 1.28 bits per heavy atom. The molecule has 3 aromatic rings. The Balaban J connectivity index is 1.86. The summed E-state index contributed by atoms with van der Waals surface area (Å²) in [6, 6.07) is 11.8. The molecule has 0 aliphatic heterocycles. The number of phenolic OH excluding ortho intramolecular Hbond substituents is 1. The minimum atomic E-state index is 0.0565. The van der Waals surface area contributed by atoms with E-state index in [4.69, 9.17) is 4.74 Å². The number of rotatable bonds is 5. The number of hydrogen-bond acceptors (Lipinski definition) is 3. The fourth-order valence-corrected chi connectivity index (χ4v) is 4.36. The van der Waals surface area contributed by atoms with Crippen molar-refractivity contribution in [1.29, 1.82) is 0 Å². The van der Waals surface area contributed by atoms with Gasteiger partial charge in [-0.1, -0.05) is 40.2 Å². The number of nitrogens with one attached hydrogen (secondary N) is 1. The summed E-state index contributed by atoms with van der Waals surface area (Å²) in [6.07, 6.45) is 4.56. The molecule has 5 heteroatoms. The number of H-pyrrole nitrogens is 1. The predicted octanol–water partition coefficient (Wildman–Crippen LogP) is 6.14. The number of aromatic hydroxyl groups is 1. The van der Waals surface area contributed by atoms with E-state index in [1.807, 2.05) is 38.1 Å². The Hall–Kier alpha value is -2.79. The zero-order chi connectivity index (χ0) is 20.5. The number of ether oxygens (including phenoxy) is 1. The van der Waals surface area contributed by atoms with Crippen LogP contribution >= 0.6 is 15.9 Å². The minimum absolute atomic E-state index is 0.0565. The van der Waals surface area contributed by atoms with Crippen molar-refractivity contribution in [2.75, 3.05) is 6.61 Å². The molecule has 29 heavy (non-hydrogen) atoms. The van der Waals surface area contributed by atoms with Crippen LogP contribution < -0.4 is 4.74 Å². The van der Waals surface area contributed by atoms with Gasteiger partial charge in [-0.15, -0.1) is 0 Å². The quantitative estimate of drug-likeness (QED) is 0.459.